The van der Waals surface area contributed by atoms with Crippen LogP contribution in [-0.2, 0) is 16.1 Å². The number of fused-ring (bicyclic) bond motifs is 3. The van der Waals surface area contributed by atoms with Crippen molar-refractivity contribution in [2.75, 3.05) is 7.11 Å². The molecule has 5 heteroatoms. The summed E-state index contributed by atoms with van der Waals surface area (Å²) >= 11 is 0. The Morgan fingerprint density at radius 1 is 1.22 bits per heavy atom. The van der Waals surface area contributed by atoms with Gasteiger partial charge in [-0.2, -0.15) is 0 Å². The maximum Gasteiger partial charge on any atom is 0.249 e. The van der Waals surface area contributed by atoms with E-state index in [4.69, 9.17) is 4.74 Å². The standard InChI is InChI=1S/C18H24N2O3/c1-12(2)18-10-9-17(3,19-15(18)21)16(22)20(18)11-13-5-7-14(23-4)8-6-13/h5-8,12H,9-11H2,1-4H3,(H,19,21)/t17-,18+/m1/s1. The normalized spacial score (nSPS) is 29.9. The largest absolute Gasteiger partial charge is 0.497 e. The predicted molar refractivity (Wildman–Crippen MR) is 86.9 cm³/mol. The van der Waals surface area contributed by atoms with E-state index in [2.05, 4.69) is 5.32 Å². The van der Waals surface area contributed by atoms with Crippen LogP contribution in [0.4, 0.5) is 0 Å². The van der Waals surface area contributed by atoms with Gasteiger partial charge in [0, 0.05) is 6.54 Å². The van der Waals surface area contributed by atoms with Gasteiger partial charge in [0.15, 0.2) is 0 Å². The van der Waals surface area contributed by atoms with Gasteiger partial charge in [-0.25, -0.2) is 0 Å². The first-order chi connectivity index (χ1) is 10.8. The highest BCUT2D eigenvalue weighted by Crippen LogP contribution is 2.44. The average Bonchev–Trinajstić information content (AvgIpc) is 2.52. The van der Waals surface area contributed by atoms with E-state index in [-0.39, 0.29) is 17.7 Å². The van der Waals surface area contributed by atoms with Gasteiger partial charge in [0.2, 0.25) is 11.8 Å². The third-order valence-corrected chi connectivity index (χ3v) is 5.44. The summed E-state index contributed by atoms with van der Waals surface area (Å²) in [7, 11) is 1.63. The second-order valence-electron chi connectivity index (χ2n) is 7.10. The third kappa shape index (κ3) is 2.21. The molecule has 0 aromatic heterocycles. The van der Waals surface area contributed by atoms with Crippen LogP contribution in [0.5, 0.6) is 5.75 Å². The van der Waals surface area contributed by atoms with Gasteiger partial charge in [0.1, 0.15) is 16.8 Å². The smallest absolute Gasteiger partial charge is 0.249 e. The van der Waals surface area contributed by atoms with Gasteiger partial charge in [0.25, 0.3) is 0 Å². The third-order valence-electron chi connectivity index (χ3n) is 5.44. The number of hydrogen-bond donors (Lipinski definition) is 1. The van der Waals surface area contributed by atoms with E-state index >= 15 is 0 Å². The summed E-state index contributed by atoms with van der Waals surface area (Å²) in [5, 5.41) is 2.95. The molecule has 2 amide bonds. The zero-order valence-electron chi connectivity index (χ0n) is 14.2. The molecule has 0 saturated carbocycles. The fourth-order valence-electron chi connectivity index (χ4n) is 3.86. The SMILES string of the molecule is COc1ccc(CN2C(=O)[C@@]3(C)CC[C@]2(C(C)C)C(=O)N3)cc1. The van der Waals surface area contributed by atoms with Gasteiger partial charge in [0.05, 0.1) is 7.11 Å². The molecule has 3 fully saturated rings. The van der Waals surface area contributed by atoms with Crippen LogP contribution in [0, 0.1) is 5.92 Å². The number of hydrogen-bond acceptors (Lipinski definition) is 3. The fraction of sp³-hybridized carbons (Fsp3) is 0.556. The van der Waals surface area contributed by atoms with Crippen molar-refractivity contribution in [1.82, 2.24) is 10.2 Å². The summed E-state index contributed by atoms with van der Waals surface area (Å²) in [6, 6.07) is 7.66. The molecule has 23 heavy (non-hydrogen) atoms. The van der Waals surface area contributed by atoms with Gasteiger partial charge in [-0.1, -0.05) is 26.0 Å². The van der Waals surface area contributed by atoms with Crippen LogP contribution in [0.2, 0.25) is 0 Å². The first-order valence-corrected chi connectivity index (χ1v) is 8.11. The second kappa shape index (κ2) is 5.25. The molecule has 3 heterocycles. The molecule has 5 nitrogen and oxygen atoms in total. The Kier molecular flexibility index (Phi) is 3.62. The lowest BCUT2D eigenvalue weighted by molar-refractivity contribution is -0.176. The summed E-state index contributed by atoms with van der Waals surface area (Å²) < 4.78 is 5.18. The number of carbonyl (C=O) groups is 2. The molecule has 4 rings (SSSR count). The molecular weight excluding hydrogens is 292 g/mol. The molecule has 3 aliphatic heterocycles. The monoisotopic (exact) mass is 316 g/mol. The summed E-state index contributed by atoms with van der Waals surface area (Å²) in [6.45, 7) is 6.31. The highest BCUT2D eigenvalue weighted by Gasteiger charge is 2.62. The zero-order valence-corrected chi connectivity index (χ0v) is 14.2. The zero-order chi connectivity index (χ0) is 16.8. The number of methoxy groups -OCH3 is 1. The number of amides is 2. The Morgan fingerprint density at radius 2 is 1.87 bits per heavy atom. The molecule has 1 N–H and O–H groups in total. The van der Waals surface area contributed by atoms with Crippen molar-refractivity contribution in [3.63, 3.8) is 0 Å². The number of piperidine rings is 2. The summed E-state index contributed by atoms with van der Waals surface area (Å²) in [5.41, 5.74) is -0.502. The Labute approximate surface area is 137 Å². The predicted octanol–water partition coefficient (Wildman–Crippen LogP) is 2.10. The molecule has 2 bridgehead atoms. The Morgan fingerprint density at radius 3 is 2.39 bits per heavy atom. The van der Waals surface area contributed by atoms with Crippen molar-refractivity contribution in [1.29, 1.82) is 0 Å². The van der Waals surface area contributed by atoms with Crippen molar-refractivity contribution in [2.45, 2.75) is 51.2 Å². The van der Waals surface area contributed by atoms with Crippen molar-refractivity contribution in [3.05, 3.63) is 29.8 Å². The Hall–Kier alpha value is -2.04. The van der Waals surface area contributed by atoms with Crippen LogP contribution in [0.3, 0.4) is 0 Å². The maximum atomic E-state index is 13.0. The van der Waals surface area contributed by atoms with E-state index in [9.17, 15) is 9.59 Å². The molecule has 3 saturated heterocycles. The number of piperazine rings is 1. The van der Waals surface area contributed by atoms with E-state index in [0.29, 0.717) is 13.0 Å². The van der Waals surface area contributed by atoms with Crippen molar-refractivity contribution in [3.8, 4) is 5.75 Å². The van der Waals surface area contributed by atoms with Gasteiger partial charge in [-0.15, -0.1) is 0 Å². The number of carbonyl (C=O) groups excluding carboxylic acids is 2. The van der Waals surface area contributed by atoms with Crippen LogP contribution in [0.1, 0.15) is 39.2 Å². The van der Waals surface area contributed by atoms with Gasteiger partial charge < -0.3 is 15.0 Å². The molecule has 124 valence electrons. The first-order valence-electron chi connectivity index (χ1n) is 8.11. The molecule has 0 unspecified atom stereocenters. The molecule has 0 spiro atoms. The van der Waals surface area contributed by atoms with Gasteiger partial charge in [-0.05, 0) is 43.4 Å². The number of ether oxygens (including phenoxy) is 1. The Balaban J connectivity index is 1.97. The molecule has 1 aromatic carbocycles. The molecule has 0 aliphatic carbocycles. The van der Waals surface area contributed by atoms with Crippen molar-refractivity contribution < 1.29 is 14.3 Å². The summed E-state index contributed by atoms with van der Waals surface area (Å²) in [5.74, 6) is 0.847. The number of nitrogens with zero attached hydrogens (tertiary/aromatic N) is 1. The second-order valence-corrected chi connectivity index (χ2v) is 7.10. The molecular formula is C18H24N2O3. The van der Waals surface area contributed by atoms with Gasteiger partial charge in [-0.3, -0.25) is 9.59 Å². The maximum absolute atomic E-state index is 13.0. The average molecular weight is 316 g/mol. The minimum atomic E-state index is -0.764. The lowest BCUT2D eigenvalue weighted by Gasteiger charge is -2.58. The van der Waals surface area contributed by atoms with Crippen LogP contribution in [0.25, 0.3) is 0 Å². The molecule has 1 aromatic rings. The minimum Gasteiger partial charge on any atom is -0.497 e. The summed E-state index contributed by atoms with van der Waals surface area (Å²) in [4.78, 5) is 27.5. The topological polar surface area (TPSA) is 58.6 Å². The number of rotatable bonds is 4. The van der Waals surface area contributed by atoms with Crippen LogP contribution in [0.15, 0.2) is 24.3 Å². The van der Waals surface area contributed by atoms with Gasteiger partial charge >= 0.3 is 0 Å². The van der Waals surface area contributed by atoms with Crippen LogP contribution >= 0.6 is 0 Å². The lowest BCUT2D eigenvalue weighted by atomic mass is 9.67. The van der Waals surface area contributed by atoms with E-state index < -0.39 is 11.1 Å². The van der Waals surface area contributed by atoms with E-state index in [0.717, 1.165) is 17.7 Å². The fourth-order valence-corrected chi connectivity index (χ4v) is 3.86. The quantitative estimate of drug-likeness (QED) is 0.925. The van der Waals surface area contributed by atoms with E-state index in [1.165, 1.54) is 0 Å². The van der Waals surface area contributed by atoms with Crippen LogP contribution in [-0.4, -0.2) is 34.9 Å². The molecule has 0 radical (unpaired) electrons. The van der Waals surface area contributed by atoms with E-state index in [1.807, 2.05) is 45.0 Å². The highest BCUT2D eigenvalue weighted by atomic mass is 16.5. The Bertz CT molecular complexity index is 640. The van der Waals surface area contributed by atoms with Crippen molar-refractivity contribution in [2.24, 2.45) is 5.92 Å². The van der Waals surface area contributed by atoms with Crippen LogP contribution < -0.4 is 10.1 Å². The summed E-state index contributed by atoms with van der Waals surface area (Å²) in [6.07, 6.45) is 1.42. The molecule has 3 aliphatic rings. The minimum absolute atomic E-state index is 0.0191. The number of benzene rings is 1. The first kappa shape index (κ1) is 15.8. The lowest BCUT2D eigenvalue weighted by Crippen LogP contribution is -2.80. The number of nitrogens with one attached hydrogen (secondary N) is 1. The van der Waals surface area contributed by atoms with E-state index in [1.54, 1.807) is 12.0 Å². The van der Waals surface area contributed by atoms with Crippen molar-refractivity contribution >= 4 is 11.8 Å². The molecule has 2 atom stereocenters. The highest BCUT2D eigenvalue weighted by molar-refractivity contribution is 6.03.